The molecule has 3 rings (SSSR count). The van der Waals surface area contributed by atoms with E-state index < -0.39 is 36.3 Å². The maximum absolute atomic E-state index is 13.9. The highest BCUT2D eigenvalue weighted by atomic mass is 79.9. The van der Waals surface area contributed by atoms with Crippen molar-refractivity contribution < 1.29 is 33.3 Å². The summed E-state index contributed by atoms with van der Waals surface area (Å²) in [4.78, 5) is 23.7. The van der Waals surface area contributed by atoms with E-state index in [1.807, 2.05) is 0 Å². The van der Waals surface area contributed by atoms with Crippen LogP contribution >= 0.6 is 15.9 Å². The van der Waals surface area contributed by atoms with E-state index in [1.54, 1.807) is 12.1 Å². The zero-order valence-corrected chi connectivity index (χ0v) is 15.4. The zero-order chi connectivity index (χ0) is 19.7. The highest BCUT2D eigenvalue weighted by molar-refractivity contribution is 9.10. The Kier molecular flexibility index (Phi) is 5.31. The number of rotatable bonds is 4. The zero-order valence-electron chi connectivity index (χ0n) is 13.8. The van der Waals surface area contributed by atoms with Crippen LogP contribution in [0.15, 0.2) is 34.8 Å². The van der Waals surface area contributed by atoms with E-state index in [1.165, 1.54) is 6.07 Å². The van der Waals surface area contributed by atoms with Gasteiger partial charge in [-0.05, 0) is 47.9 Å². The third-order valence-corrected chi connectivity index (χ3v) is 4.77. The summed E-state index contributed by atoms with van der Waals surface area (Å²) >= 11 is 3.29. The normalized spacial score (nSPS) is 16.0. The molecule has 1 aliphatic heterocycles. The number of aliphatic carboxylic acids is 1. The summed E-state index contributed by atoms with van der Waals surface area (Å²) in [7, 11) is 0. The topological polar surface area (TPSA) is 87.1 Å². The first kappa shape index (κ1) is 19.1. The maximum Gasteiger partial charge on any atom is 0.408 e. The molecule has 6 nitrogen and oxygen atoms in total. The van der Waals surface area contributed by atoms with E-state index in [0.29, 0.717) is 21.2 Å². The van der Waals surface area contributed by atoms with Gasteiger partial charge in [-0.2, -0.15) is 0 Å². The van der Waals surface area contributed by atoms with Gasteiger partial charge in [0.25, 0.3) is 0 Å². The minimum atomic E-state index is -1.24. The number of amides is 1. The summed E-state index contributed by atoms with van der Waals surface area (Å²) < 4.78 is 33.4. The van der Waals surface area contributed by atoms with Crippen molar-refractivity contribution in [3.05, 3.63) is 63.1 Å². The molecule has 142 valence electrons. The van der Waals surface area contributed by atoms with Crippen LogP contribution in [-0.2, 0) is 11.2 Å². The SMILES string of the molecule is O=C(O)COc1ccc(Br)cc1C1c2cc(F)c(F)cc2CCN1C(=O)O. The van der Waals surface area contributed by atoms with Crippen molar-refractivity contribution in [1.29, 1.82) is 0 Å². The Morgan fingerprint density at radius 1 is 1.15 bits per heavy atom. The molecule has 0 aromatic heterocycles. The minimum absolute atomic E-state index is 0.0724. The highest BCUT2D eigenvalue weighted by Crippen LogP contribution is 2.41. The van der Waals surface area contributed by atoms with Gasteiger partial charge in [0, 0.05) is 16.6 Å². The van der Waals surface area contributed by atoms with Crippen LogP contribution in [0.2, 0.25) is 0 Å². The number of fused-ring (bicyclic) bond motifs is 1. The van der Waals surface area contributed by atoms with Crippen molar-refractivity contribution >= 4 is 28.0 Å². The molecule has 0 radical (unpaired) electrons. The first-order valence-corrected chi connectivity index (χ1v) is 8.68. The number of hydrogen-bond donors (Lipinski definition) is 2. The number of halogens is 3. The Labute approximate surface area is 161 Å². The van der Waals surface area contributed by atoms with Crippen molar-refractivity contribution in [2.45, 2.75) is 12.5 Å². The fourth-order valence-corrected chi connectivity index (χ4v) is 3.54. The molecule has 2 N–H and O–H groups in total. The van der Waals surface area contributed by atoms with Gasteiger partial charge in [-0.25, -0.2) is 18.4 Å². The number of carboxylic acids is 1. The van der Waals surface area contributed by atoms with Crippen LogP contribution in [0, 0.1) is 11.6 Å². The molecular weight excluding hydrogens is 428 g/mol. The number of carboxylic acid groups (broad SMARTS) is 2. The third kappa shape index (κ3) is 3.87. The summed E-state index contributed by atoms with van der Waals surface area (Å²) in [5, 5.41) is 18.5. The number of benzene rings is 2. The number of nitrogens with zero attached hydrogens (tertiary/aromatic N) is 1. The van der Waals surface area contributed by atoms with E-state index in [-0.39, 0.29) is 18.7 Å². The van der Waals surface area contributed by atoms with Gasteiger partial charge < -0.3 is 14.9 Å². The van der Waals surface area contributed by atoms with Crippen molar-refractivity contribution in [3.8, 4) is 5.75 Å². The van der Waals surface area contributed by atoms with Crippen molar-refractivity contribution in [1.82, 2.24) is 4.90 Å². The molecule has 9 heteroatoms. The second-order valence-electron chi connectivity index (χ2n) is 5.96. The largest absolute Gasteiger partial charge is 0.482 e. The van der Waals surface area contributed by atoms with Gasteiger partial charge in [-0.1, -0.05) is 15.9 Å². The van der Waals surface area contributed by atoms with Gasteiger partial charge in [0.15, 0.2) is 18.2 Å². The Morgan fingerprint density at radius 3 is 2.52 bits per heavy atom. The van der Waals surface area contributed by atoms with Gasteiger partial charge in [0.1, 0.15) is 5.75 Å². The summed E-state index contributed by atoms with van der Waals surface area (Å²) in [5.74, 6) is -3.15. The van der Waals surface area contributed by atoms with Crippen LogP contribution in [-0.4, -0.2) is 40.3 Å². The van der Waals surface area contributed by atoms with Crippen molar-refractivity contribution in [3.63, 3.8) is 0 Å². The highest BCUT2D eigenvalue weighted by Gasteiger charge is 2.35. The predicted molar refractivity (Wildman–Crippen MR) is 93.9 cm³/mol. The third-order valence-electron chi connectivity index (χ3n) is 4.27. The van der Waals surface area contributed by atoms with Gasteiger partial charge in [0.05, 0.1) is 6.04 Å². The molecule has 0 saturated heterocycles. The summed E-state index contributed by atoms with van der Waals surface area (Å²) in [5.41, 5.74) is 1.11. The number of carbonyl (C=O) groups is 2. The minimum Gasteiger partial charge on any atom is -0.482 e. The molecule has 1 amide bonds. The molecule has 27 heavy (non-hydrogen) atoms. The quantitative estimate of drug-likeness (QED) is 0.752. The second-order valence-corrected chi connectivity index (χ2v) is 6.87. The van der Waals surface area contributed by atoms with E-state index in [0.717, 1.165) is 17.0 Å². The van der Waals surface area contributed by atoms with Crippen LogP contribution in [0.25, 0.3) is 0 Å². The average molecular weight is 442 g/mol. The smallest absolute Gasteiger partial charge is 0.408 e. The van der Waals surface area contributed by atoms with Crippen LogP contribution < -0.4 is 4.74 Å². The Morgan fingerprint density at radius 2 is 1.85 bits per heavy atom. The van der Waals surface area contributed by atoms with Crippen LogP contribution in [0.1, 0.15) is 22.7 Å². The lowest BCUT2D eigenvalue weighted by Gasteiger charge is -2.36. The van der Waals surface area contributed by atoms with Crippen LogP contribution in [0.4, 0.5) is 13.6 Å². The Bertz CT molecular complexity index is 921. The summed E-state index contributed by atoms with van der Waals surface area (Å²) in [6.07, 6.45) is -1.01. The molecule has 2 aromatic carbocycles. The predicted octanol–water partition coefficient (Wildman–Crippen LogP) is 3.82. The summed E-state index contributed by atoms with van der Waals surface area (Å²) in [6, 6.07) is 5.76. The van der Waals surface area contributed by atoms with E-state index in [2.05, 4.69) is 15.9 Å². The Hall–Kier alpha value is -2.68. The first-order valence-electron chi connectivity index (χ1n) is 7.89. The lowest BCUT2D eigenvalue weighted by Crippen LogP contribution is -2.40. The molecular formula is C18H14BrF2NO5. The molecule has 0 aliphatic carbocycles. The fourth-order valence-electron chi connectivity index (χ4n) is 3.16. The van der Waals surface area contributed by atoms with Crippen molar-refractivity contribution in [2.75, 3.05) is 13.2 Å². The average Bonchev–Trinajstić information content (AvgIpc) is 2.60. The second kappa shape index (κ2) is 7.51. The number of hydrogen-bond acceptors (Lipinski definition) is 3. The molecule has 1 unspecified atom stereocenters. The van der Waals surface area contributed by atoms with Gasteiger partial charge in [-0.15, -0.1) is 0 Å². The van der Waals surface area contributed by atoms with Gasteiger partial charge >= 0.3 is 12.1 Å². The standard InChI is InChI=1S/C18H14BrF2NO5/c19-10-1-2-15(27-8-16(23)24)12(6-10)17-11-7-14(21)13(20)5-9(11)3-4-22(17)18(25)26/h1-2,5-7,17H,3-4,8H2,(H,23,24)(H,25,26). The molecule has 0 bridgehead atoms. The van der Waals surface area contributed by atoms with Gasteiger partial charge in [-0.3, -0.25) is 4.90 Å². The molecule has 1 aliphatic rings. The molecule has 0 spiro atoms. The lowest BCUT2D eigenvalue weighted by atomic mass is 9.87. The van der Waals surface area contributed by atoms with Crippen molar-refractivity contribution in [2.24, 2.45) is 0 Å². The molecule has 0 fully saturated rings. The number of ether oxygens (including phenoxy) is 1. The van der Waals surface area contributed by atoms with E-state index in [4.69, 9.17) is 9.84 Å². The fraction of sp³-hybridized carbons (Fsp3) is 0.222. The van der Waals surface area contributed by atoms with Crippen LogP contribution in [0.5, 0.6) is 5.75 Å². The maximum atomic E-state index is 13.9. The molecule has 1 heterocycles. The van der Waals surface area contributed by atoms with E-state index >= 15 is 0 Å². The molecule has 0 saturated carbocycles. The summed E-state index contributed by atoms with van der Waals surface area (Å²) in [6.45, 7) is -0.554. The molecule has 2 aromatic rings. The monoisotopic (exact) mass is 441 g/mol. The molecule has 1 atom stereocenters. The van der Waals surface area contributed by atoms with E-state index in [9.17, 15) is 23.5 Å². The first-order chi connectivity index (χ1) is 12.8. The van der Waals surface area contributed by atoms with Gasteiger partial charge in [0.2, 0.25) is 0 Å². The lowest BCUT2D eigenvalue weighted by molar-refractivity contribution is -0.139. The Balaban J connectivity index is 2.18. The van der Waals surface area contributed by atoms with Crippen LogP contribution in [0.3, 0.4) is 0 Å².